The normalized spacial score (nSPS) is 11.2. The Kier molecular flexibility index (Phi) is 7.65. The Balaban J connectivity index is 2.09. The molecule has 0 aromatic carbocycles. The van der Waals surface area contributed by atoms with E-state index < -0.39 is 5.97 Å². The van der Waals surface area contributed by atoms with Gasteiger partial charge in [0.25, 0.3) is 5.56 Å². The number of nitrogens with one attached hydrogen (secondary N) is 1. The van der Waals surface area contributed by atoms with Crippen LogP contribution in [0.1, 0.15) is 33.1 Å². The quantitative estimate of drug-likeness (QED) is 0.472. The van der Waals surface area contributed by atoms with Crippen molar-refractivity contribution in [3.8, 4) is 0 Å². The van der Waals surface area contributed by atoms with Crippen LogP contribution in [-0.2, 0) is 16.1 Å². The van der Waals surface area contributed by atoms with Crippen LogP contribution in [0.25, 0.3) is 10.2 Å². The number of thiophene rings is 1. The van der Waals surface area contributed by atoms with Crippen molar-refractivity contribution in [2.75, 3.05) is 12.3 Å². The largest absolute Gasteiger partial charge is 0.481 e. The van der Waals surface area contributed by atoms with Crippen molar-refractivity contribution in [1.82, 2.24) is 14.9 Å². The van der Waals surface area contributed by atoms with Crippen LogP contribution in [0.4, 0.5) is 0 Å². The second kappa shape index (κ2) is 9.72. The first-order valence-electron chi connectivity index (χ1n) is 8.47. The summed E-state index contributed by atoms with van der Waals surface area (Å²) in [6, 6.07) is 1.77. The van der Waals surface area contributed by atoms with Gasteiger partial charge in [-0.25, -0.2) is 4.98 Å². The molecule has 0 saturated carbocycles. The lowest BCUT2D eigenvalue weighted by atomic mass is 10.1. The molecule has 142 valence electrons. The van der Waals surface area contributed by atoms with E-state index >= 15 is 0 Å². The van der Waals surface area contributed by atoms with Crippen LogP contribution in [0.5, 0.6) is 0 Å². The second-order valence-corrected chi connectivity index (χ2v) is 8.16. The third-order valence-electron chi connectivity index (χ3n) is 3.68. The molecule has 2 N–H and O–H groups in total. The Morgan fingerprint density at radius 3 is 2.88 bits per heavy atom. The highest BCUT2D eigenvalue weighted by Crippen LogP contribution is 2.21. The Labute approximate surface area is 159 Å². The number of nitrogens with zero attached hydrogens (tertiary/aromatic N) is 2. The van der Waals surface area contributed by atoms with Gasteiger partial charge in [0.2, 0.25) is 5.91 Å². The second-order valence-electron chi connectivity index (χ2n) is 6.30. The predicted octanol–water partition coefficient (Wildman–Crippen LogP) is 2.58. The Hall–Kier alpha value is -1.87. The summed E-state index contributed by atoms with van der Waals surface area (Å²) in [6.07, 6.45) is 1.23. The molecule has 1 amide bonds. The first kappa shape index (κ1) is 20.4. The molecule has 2 aromatic rings. The fourth-order valence-electron chi connectivity index (χ4n) is 2.30. The van der Waals surface area contributed by atoms with Gasteiger partial charge in [-0.15, -0.1) is 11.3 Å². The molecule has 9 heteroatoms. The molecule has 0 aliphatic rings. The summed E-state index contributed by atoms with van der Waals surface area (Å²) in [5.74, 6) is -0.321. The number of carboxylic acids is 1. The third-order valence-corrected chi connectivity index (χ3v) is 5.55. The number of aromatic nitrogens is 2. The number of hydrogen-bond acceptors (Lipinski definition) is 6. The number of amides is 1. The maximum Gasteiger partial charge on any atom is 0.303 e. The van der Waals surface area contributed by atoms with Gasteiger partial charge in [0.15, 0.2) is 5.16 Å². The maximum atomic E-state index is 12.6. The van der Waals surface area contributed by atoms with Crippen molar-refractivity contribution in [3.63, 3.8) is 0 Å². The lowest BCUT2D eigenvalue weighted by Crippen LogP contribution is -2.28. The molecule has 0 aliphatic carbocycles. The van der Waals surface area contributed by atoms with E-state index in [4.69, 9.17) is 5.11 Å². The van der Waals surface area contributed by atoms with Gasteiger partial charge < -0.3 is 10.4 Å². The molecule has 2 rings (SSSR count). The fraction of sp³-hybridized carbons (Fsp3) is 0.529. The first-order valence-corrected chi connectivity index (χ1v) is 10.3. The predicted molar refractivity (Wildman–Crippen MR) is 104 cm³/mol. The summed E-state index contributed by atoms with van der Waals surface area (Å²) < 4.78 is 2.03. The van der Waals surface area contributed by atoms with Gasteiger partial charge in [-0.1, -0.05) is 25.6 Å². The van der Waals surface area contributed by atoms with Crippen molar-refractivity contribution in [2.45, 2.75) is 44.8 Å². The van der Waals surface area contributed by atoms with Gasteiger partial charge in [0, 0.05) is 19.5 Å². The molecule has 0 aliphatic heterocycles. The molecule has 0 spiro atoms. The monoisotopic (exact) mass is 397 g/mol. The van der Waals surface area contributed by atoms with E-state index in [1.165, 1.54) is 27.7 Å². The summed E-state index contributed by atoms with van der Waals surface area (Å²) in [7, 11) is 0. The van der Waals surface area contributed by atoms with Crippen molar-refractivity contribution < 1.29 is 14.7 Å². The number of fused-ring (bicyclic) bond motifs is 1. The molecule has 0 atom stereocenters. The number of carbonyl (C=O) groups excluding carboxylic acids is 1. The molecule has 0 saturated heterocycles. The zero-order valence-electron chi connectivity index (χ0n) is 14.9. The van der Waals surface area contributed by atoms with E-state index in [9.17, 15) is 14.4 Å². The first-order chi connectivity index (χ1) is 12.4. The molecule has 2 heterocycles. The van der Waals surface area contributed by atoms with Gasteiger partial charge >= 0.3 is 5.97 Å². The fourth-order valence-corrected chi connectivity index (χ4v) is 3.93. The van der Waals surface area contributed by atoms with Gasteiger partial charge in [-0.3, -0.25) is 19.0 Å². The zero-order valence-corrected chi connectivity index (χ0v) is 16.5. The number of hydrogen-bond donors (Lipinski definition) is 2. The Morgan fingerprint density at radius 1 is 1.42 bits per heavy atom. The minimum absolute atomic E-state index is 0.0191. The van der Waals surface area contributed by atoms with Crippen molar-refractivity contribution >= 4 is 45.2 Å². The minimum Gasteiger partial charge on any atom is -0.481 e. The molecule has 0 fully saturated rings. The number of carboxylic acid groups (broad SMARTS) is 1. The molecular formula is C17H23N3O4S2. The molecule has 0 bridgehead atoms. The molecular weight excluding hydrogens is 374 g/mol. The van der Waals surface area contributed by atoms with E-state index in [1.807, 2.05) is 0 Å². The topological polar surface area (TPSA) is 101 Å². The SMILES string of the molecule is CC(C)CCNC(=O)CSc1nc2ccsc2c(=O)n1CCCC(=O)O. The molecule has 7 nitrogen and oxygen atoms in total. The average molecular weight is 398 g/mol. The summed E-state index contributed by atoms with van der Waals surface area (Å²) in [5, 5.41) is 13.9. The highest BCUT2D eigenvalue weighted by molar-refractivity contribution is 7.99. The van der Waals surface area contributed by atoms with E-state index in [-0.39, 0.29) is 30.2 Å². The highest BCUT2D eigenvalue weighted by Gasteiger charge is 2.14. The summed E-state index contributed by atoms with van der Waals surface area (Å²) >= 11 is 2.52. The number of carbonyl (C=O) groups is 2. The molecule has 0 radical (unpaired) electrons. The van der Waals surface area contributed by atoms with Crippen molar-refractivity contribution in [3.05, 3.63) is 21.8 Å². The van der Waals surface area contributed by atoms with E-state index in [0.29, 0.717) is 34.3 Å². The highest BCUT2D eigenvalue weighted by atomic mass is 32.2. The van der Waals surface area contributed by atoms with Gasteiger partial charge in [-0.05, 0) is 30.2 Å². The van der Waals surface area contributed by atoms with E-state index in [0.717, 1.165) is 6.42 Å². The van der Waals surface area contributed by atoms with Crippen molar-refractivity contribution in [2.24, 2.45) is 5.92 Å². The van der Waals surface area contributed by atoms with Crippen LogP contribution in [-0.4, -0.2) is 38.8 Å². The number of rotatable bonds is 10. The van der Waals surface area contributed by atoms with Gasteiger partial charge in [0.1, 0.15) is 4.70 Å². The van der Waals surface area contributed by atoms with Gasteiger partial charge in [0.05, 0.1) is 11.3 Å². The van der Waals surface area contributed by atoms with Crippen LogP contribution in [0.2, 0.25) is 0 Å². The Bertz CT molecular complexity index is 829. The van der Waals surface area contributed by atoms with Crippen molar-refractivity contribution in [1.29, 1.82) is 0 Å². The summed E-state index contributed by atoms with van der Waals surface area (Å²) in [5.41, 5.74) is 0.426. The molecule has 2 aromatic heterocycles. The van der Waals surface area contributed by atoms with Crippen LogP contribution in [0.3, 0.4) is 0 Å². The third kappa shape index (κ3) is 5.84. The van der Waals surface area contributed by atoms with Crippen LogP contribution >= 0.6 is 23.1 Å². The summed E-state index contributed by atoms with van der Waals surface area (Å²) in [4.78, 5) is 39.9. The maximum absolute atomic E-state index is 12.6. The van der Waals surface area contributed by atoms with E-state index in [2.05, 4.69) is 24.1 Å². The standard InChI is InChI=1S/C17H23N3O4S2/c1-11(2)5-7-18-13(21)10-26-17-19-12-6-9-25-15(12)16(24)20(17)8-3-4-14(22)23/h6,9,11H,3-5,7-8,10H2,1-2H3,(H,18,21)(H,22,23). The molecule has 26 heavy (non-hydrogen) atoms. The van der Waals surface area contributed by atoms with E-state index in [1.54, 1.807) is 11.4 Å². The number of thioether (sulfide) groups is 1. The van der Waals surface area contributed by atoms with Crippen LogP contribution in [0, 0.1) is 5.92 Å². The minimum atomic E-state index is -0.901. The average Bonchev–Trinajstić information content (AvgIpc) is 3.03. The van der Waals surface area contributed by atoms with Crippen LogP contribution in [0.15, 0.2) is 21.4 Å². The van der Waals surface area contributed by atoms with Gasteiger partial charge in [-0.2, -0.15) is 0 Å². The smallest absolute Gasteiger partial charge is 0.303 e. The summed E-state index contributed by atoms with van der Waals surface area (Å²) in [6.45, 7) is 5.08. The Morgan fingerprint density at radius 2 is 2.19 bits per heavy atom. The lowest BCUT2D eigenvalue weighted by molar-refractivity contribution is -0.137. The lowest BCUT2D eigenvalue weighted by Gasteiger charge is -2.12. The zero-order chi connectivity index (χ0) is 19.1. The van der Waals surface area contributed by atoms with Crippen LogP contribution < -0.4 is 10.9 Å². The number of aliphatic carboxylic acids is 1. The molecule has 0 unspecified atom stereocenters.